The van der Waals surface area contributed by atoms with E-state index in [4.69, 9.17) is 5.73 Å². The summed E-state index contributed by atoms with van der Waals surface area (Å²) in [5.41, 5.74) is 12.1. The SMILES string of the molecule is C=C(NC(C(=O)N[C@H](C(=O)N1C[C@@]2(CC1C(=O)N[C@]1(CNNC)C[C@H]1CC)C(CCCN)C2(C)C)C(C)(C)C)C1CCCCC1)C1CCCCN1C(C)C. The highest BCUT2D eigenvalue weighted by molar-refractivity contribution is 5.94. The van der Waals surface area contributed by atoms with E-state index in [1.54, 1.807) is 0 Å². The molecule has 0 aromatic rings. The third kappa shape index (κ3) is 8.69. The van der Waals surface area contributed by atoms with Gasteiger partial charge in [0.25, 0.3) is 0 Å². The Hall–Kier alpha value is -2.21. The van der Waals surface area contributed by atoms with Crippen molar-refractivity contribution in [3.63, 3.8) is 0 Å². The number of nitrogens with two attached hydrogens (primary N) is 1. The van der Waals surface area contributed by atoms with Gasteiger partial charge in [0.15, 0.2) is 0 Å². The second-order valence-electron chi connectivity index (χ2n) is 19.8. The van der Waals surface area contributed by atoms with Crippen LogP contribution in [0.2, 0.25) is 0 Å². The Bertz CT molecular complexity index is 1340. The van der Waals surface area contributed by atoms with Crippen molar-refractivity contribution in [2.45, 2.75) is 175 Å². The zero-order valence-electron chi connectivity index (χ0n) is 35.5. The molecule has 1 spiro atoms. The summed E-state index contributed by atoms with van der Waals surface area (Å²) < 4.78 is 0. The molecule has 2 saturated heterocycles. The number of likely N-dealkylation sites (tertiary alicyclic amines) is 2. The number of piperidine rings is 1. The van der Waals surface area contributed by atoms with Gasteiger partial charge in [-0.2, -0.15) is 0 Å². The van der Waals surface area contributed by atoms with E-state index in [0.717, 1.165) is 76.5 Å². The molecule has 0 aromatic carbocycles. The van der Waals surface area contributed by atoms with E-state index in [9.17, 15) is 9.59 Å². The van der Waals surface area contributed by atoms with Crippen molar-refractivity contribution >= 4 is 17.7 Å². The Kier molecular flexibility index (Phi) is 13.6. The van der Waals surface area contributed by atoms with Crippen molar-refractivity contribution in [3.05, 3.63) is 12.3 Å². The molecule has 0 radical (unpaired) electrons. The molecule has 308 valence electrons. The van der Waals surface area contributed by atoms with E-state index in [2.05, 4.69) is 72.9 Å². The summed E-state index contributed by atoms with van der Waals surface area (Å²) in [6, 6.07) is -1.31. The molecule has 5 rings (SSSR count). The molecule has 5 aliphatic rings. The van der Waals surface area contributed by atoms with Gasteiger partial charge in [-0.3, -0.25) is 30.1 Å². The topological polar surface area (TPSA) is 144 Å². The monoisotopic (exact) mass is 755 g/mol. The highest BCUT2D eigenvalue weighted by atomic mass is 16.2. The Morgan fingerprint density at radius 2 is 1.65 bits per heavy atom. The minimum atomic E-state index is -0.799. The Labute approximate surface area is 327 Å². The van der Waals surface area contributed by atoms with Gasteiger partial charge in [0.1, 0.15) is 18.1 Å². The molecule has 3 aliphatic carbocycles. The Morgan fingerprint density at radius 3 is 2.24 bits per heavy atom. The number of carbonyl (C=O) groups excluding carboxylic acids is 3. The lowest BCUT2D eigenvalue weighted by atomic mass is 9.81. The molecule has 4 unspecified atom stereocenters. The van der Waals surface area contributed by atoms with Crippen LogP contribution in [-0.4, -0.2) is 96.5 Å². The van der Waals surface area contributed by atoms with Crippen LogP contribution in [0, 0.1) is 34.0 Å². The maximum atomic E-state index is 15.2. The van der Waals surface area contributed by atoms with E-state index < -0.39 is 23.5 Å². The summed E-state index contributed by atoms with van der Waals surface area (Å²) >= 11 is 0. The molecule has 2 heterocycles. The molecule has 5 fully saturated rings. The summed E-state index contributed by atoms with van der Waals surface area (Å²) in [6.07, 6.45) is 13.1. The molecule has 3 saturated carbocycles. The molecular weight excluding hydrogens is 677 g/mol. The predicted octanol–water partition coefficient (Wildman–Crippen LogP) is 4.82. The number of nitrogens with one attached hydrogen (secondary N) is 5. The van der Waals surface area contributed by atoms with Crippen LogP contribution in [0.4, 0.5) is 0 Å². The van der Waals surface area contributed by atoms with Crippen molar-refractivity contribution < 1.29 is 14.4 Å². The first-order valence-electron chi connectivity index (χ1n) is 21.7. The van der Waals surface area contributed by atoms with Gasteiger partial charge in [-0.05, 0) is 119 Å². The van der Waals surface area contributed by atoms with Gasteiger partial charge in [-0.25, -0.2) is 0 Å². The largest absolute Gasteiger partial charge is 0.376 e. The van der Waals surface area contributed by atoms with E-state index >= 15 is 4.79 Å². The standard InChI is InChI=1S/C43H78N8O3/c1-11-31-24-43(31,26-46-45-10)49-37(52)33-25-42(34(21-17-22-44)41(42,8)9)27-51(33)39(54)36(40(5,6)7)48-38(53)35(30-18-13-12-14-19-30)47-29(4)32-20-15-16-23-50(32)28(2)3/h28,30-36,45-47H,4,11-27,44H2,1-3,5-10H3,(H,48,53)(H,49,52)/t31-,32?,33?,34?,35?,36-,42+,43+/m1/s1. The van der Waals surface area contributed by atoms with Crippen LogP contribution < -0.4 is 32.5 Å². The Balaban J connectivity index is 1.42. The van der Waals surface area contributed by atoms with Crippen molar-refractivity contribution in [1.82, 2.24) is 36.6 Å². The van der Waals surface area contributed by atoms with Crippen molar-refractivity contribution in [1.29, 1.82) is 0 Å². The average molecular weight is 755 g/mol. The van der Waals surface area contributed by atoms with Crippen molar-refractivity contribution in [3.8, 4) is 0 Å². The molecule has 11 heteroatoms. The lowest BCUT2D eigenvalue weighted by Crippen LogP contribution is -2.62. The summed E-state index contributed by atoms with van der Waals surface area (Å²) in [7, 11) is 1.85. The van der Waals surface area contributed by atoms with Gasteiger partial charge in [0.2, 0.25) is 17.7 Å². The van der Waals surface area contributed by atoms with E-state index in [-0.39, 0.29) is 46.1 Å². The fourth-order valence-corrected chi connectivity index (χ4v) is 11.2. The molecule has 0 aromatic heterocycles. The van der Waals surface area contributed by atoms with Crippen LogP contribution in [-0.2, 0) is 14.4 Å². The predicted molar refractivity (Wildman–Crippen MR) is 218 cm³/mol. The van der Waals surface area contributed by atoms with Crippen LogP contribution in [0.25, 0.3) is 0 Å². The molecule has 0 bridgehead atoms. The van der Waals surface area contributed by atoms with Crippen LogP contribution in [0.3, 0.4) is 0 Å². The summed E-state index contributed by atoms with van der Waals surface area (Å²) in [6.45, 7) is 24.7. The van der Waals surface area contributed by atoms with Gasteiger partial charge >= 0.3 is 0 Å². The van der Waals surface area contributed by atoms with E-state index in [1.807, 2.05) is 32.7 Å². The van der Waals surface area contributed by atoms with Crippen molar-refractivity contribution in [2.75, 3.05) is 33.2 Å². The summed E-state index contributed by atoms with van der Waals surface area (Å²) in [5, 5.41) is 10.5. The van der Waals surface area contributed by atoms with Gasteiger partial charge in [-0.15, -0.1) is 0 Å². The number of rotatable bonds is 17. The highest BCUT2D eigenvalue weighted by Crippen LogP contribution is 2.75. The number of hydrazine groups is 1. The number of amides is 3. The number of carbonyl (C=O) groups is 3. The number of hydrogen-bond donors (Lipinski definition) is 6. The first kappa shape index (κ1) is 42.9. The van der Waals surface area contributed by atoms with Crippen LogP contribution in [0.15, 0.2) is 12.3 Å². The van der Waals surface area contributed by atoms with Gasteiger partial charge in [0.05, 0.1) is 5.54 Å². The van der Waals surface area contributed by atoms with E-state index in [0.29, 0.717) is 43.9 Å². The molecule has 11 nitrogen and oxygen atoms in total. The minimum absolute atomic E-state index is 0.0214. The number of nitrogens with zero attached hydrogens (tertiary/aromatic N) is 2. The molecule has 54 heavy (non-hydrogen) atoms. The van der Waals surface area contributed by atoms with Gasteiger partial charge in [-0.1, -0.05) is 80.2 Å². The van der Waals surface area contributed by atoms with Crippen LogP contribution in [0.5, 0.6) is 0 Å². The first-order valence-corrected chi connectivity index (χ1v) is 21.7. The molecule has 7 N–H and O–H groups in total. The maximum Gasteiger partial charge on any atom is 0.246 e. The third-order valence-corrected chi connectivity index (χ3v) is 14.8. The number of hydrogen-bond acceptors (Lipinski definition) is 8. The van der Waals surface area contributed by atoms with Gasteiger partial charge < -0.3 is 26.6 Å². The Morgan fingerprint density at radius 1 is 0.963 bits per heavy atom. The maximum absolute atomic E-state index is 15.2. The van der Waals surface area contributed by atoms with Crippen LogP contribution >= 0.6 is 0 Å². The highest BCUT2D eigenvalue weighted by Gasteiger charge is 2.74. The average Bonchev–Trinajstić information content (AvgIpc) is 3.85. The second-order valence-corrected chi connectivity index (χ2v) is 19.8. The first-order chi connectivity index (χ1) is 25.5. The second kappa shape index (κ2) is 17.1. The fourth-order valence-electron chi connectivity index (χ4n) is 11.2. The smallest absolute Gasteiger partial charge is 0.246 e. The summed E-state index contributed by atoms with van der Waals surface area (Å²) in [4.78, 5) is 48.9. The molecule has 3 amide bonds. The quantitative estimate of drug-likeness (QED) is 0.116. The van der Waals surface area contributed by atoms with Gasteiger partial charge in [0, 0.05) is 30.9 Å². The van der Waals surface area contributed by atoms with E-state index in [1.165, 1.54) is 12.8 Å². The molecule has 2 aliphatic heterocycles. The fraction of sp³-hybridized carbons (Fsp3) is 0.884. The van der Waals surface area contributed by atoms with Crippen molar-refractivity contribution in [2.24, 2.45) is 39.7 Å². The van der Waals surface area contributed by atoms with Crippen LogP contribution in [0.1, 0.15) is 139 Å². The molecule has 8 atom stereocenters. The molecular formula is C43H78N8O3. The third-order valence-electron chi connectivity index (χ3n) is 14.8. The summed E-state index contributed by atoms with van der Waals surface area (Å²) in [5.74, 6) is 0.569. The lowest BCUT2D eigenvalue weighted by Gasteiger charge is -2.42. The zero-order chi connectivity index (χ0) is 39.6. The zero-order valence-corrected chi connectivity index (χ0v) is 35.5. The lowest BCUT2D eigenvalue weighted by molar-refractivity contribution is -0.144. The minimum Gasteiger partial charge on any atom is -0.376 e. The normalized spacial score (nSPS) is 32.3.